The Morgan fingerprint density at radius 2 is 1.68 bits per heavy atom. The fraction of sp³-hybridized carbons (Fsp3) is 0.0667. The summed E-state index contributed by atoms with van der Waals surface area (Å²) in [5.74, 6) is 1.47. The Bertz CT molecular complexity index is 726. The number of hydrogen-bond acceptors (Lipinski definition) is 4. The molecule has 1 aromatic heterocycles. The molecule has 2 N–H and O–H groups in total. The topological polar surface area (TPSA) is 62.8 Å². The van der Waals surface area contributed by atoms with Crippen LogP contribution in [0.5, 0.6) is 17.2 Å². The fourth-order valence-corrected chi connectivity index (χ4v) is 2.03. The molecule has 0 aliphatic carbocycles. The molecule has 0 bridgehead atoms. The molecule has 4 heteroatoms. The summed E-state index contributed by atoms with van der Waals surface area (Å²) in [4.78, 5) is 0. The molecule has 1 heterocycles. The Morgan fingerprint density at radius 3 is 2.37 bits per heavy atom. The molecule has 3 rings (SSSR count). The van der Waals surface area contributed by atoms with Crippen molar-refractivity contribution >= 4 is 11.0 Å². The molecule has 0 atom stereocenters. The summed E-state index contributed by atoms with van der Waals surface area (Å²) >= 11 is 0. The van der Waals surface area contributed by atoms with Gasteiger partial charge in [0.15, 0.2) is 11.3 Å². The minimum absolute atomic E-state index is 0.127. The van der Waals surface area contributed by atoms with Crippen LogP contribution in [0.1, 0.15) is 0 Å². The van der Waals surface area contributed by atoms with Crippen molar-refractivity contribution < 1.29 is 19.4 Å². The lowest BCUT2D eigenvalue weighted by Crippen LogP contribution is -1.82. The highest BCUT2D eigenvalue weighted by Crippen LogP contribution is 2.36. The first kappa shape index (κ1) is 11.5. The number of benzene rings is 2. The van der Waals surface area contributed by atoms with E-state index in [4.69, 9.17) is 9.15 Å². The largest absolute Gasteiger partial charge is 0.508 e. The molecule has 0 radical (unpaired) electrons. The predicted octanol–water partition coefficient (Wildman–Crippen LogP) is 3.52. The van der Waals surface area contributed by atoms with E-state index in [0.29, 0.717) is 17.1 Å². The van der Waals surface area contributed by atoms with Crippen LogP contribution in [0.3, 0.4) is 0 Å². The Morgan fingerprint density at radius 1 is 0.947 bits per heavy atom. The Hall–Kier alpha value is -2.62. The van der Waals surface area contributed by atoms with Crippen LogP contribution in [0, 0.1) is 0 Å². The van der Waals surface area contributed by atoms with Crippen molar-refractivity contribution in [3.63, 3.8) is 0 Å². The minimum atomic E-state index is 0.127. The molecule has 0 amide bonds. The van der Waals surface area contributed by atoms with Gasteiger partial charge in [0, 0.05) is 17.0 Å². The van der Waals surface area contributed by atoms with Gasteiger partial charge in [-0.05, 0) is 36.4 Å². The van der Waals surface area contributed by atoms with Crippen molar-refractivity contribution in [2.75, 3.05) is 7.11 Å². The van der Waals surface area contributed by atoms with Gasteiger partial charge in [0.05, 0.1) is 7.11 Å². The van der Waals surface area contributed by atoms with Crippen molar-refractivity contribution in [2.24, 2.45) is 0 Å². The van der Waals surface area contributed by atoms with E-state index < -0.39 is 0 Å². The van der Waals surface area contributed by atoms with E-state index >= 15 is 0 Å². The second-order valence-electron chi connectivity index (χ2n) is 4.22. The van der Waals surface area contributed by atoms with Crippen LogP contribution < -0.4 is 4.74 Å². The SMILES string of the molecule is COc1cc(O)cc2cc(-c3ccc(O)cc3)oc12. The highest BCUT2D eigenvalue weighted by molar-refractivity contribution is 5.88. The van der Waals surface area contributed by atoms with Crippen molar-refractivity contribution in [3.05, 3.63) is 42.5 Å². The number of fused-ring (bicyclic) bond motifs is 1. The average Bonchev–Trinajstić information content (AvgIpc) is 2.82. The van der Waals surface area contributed by atoms with Crippen molar-refractivity contribution in [3.8, 4) is 28.6 Å². The van der Waals surface area contributed by atoms with Crippen LogP contribution in [-0.2, 0) is 0 Å². The zero-order chi connectivity index (χ0) is 13.4. The molecule has 0 aliphatic heterocycles. The number of phenolic OH excluding ortho intramolecular Hbond substituents is 2. The summed E-state index contributed by atoms with van der Waals surface area (Å²) in [6.45, 7) is 0. The fourth-order valence-electron chi connectivity index (χ4n) is 2.03. The molecule has 0 saturated heterocycles. The molecular formula is C15H12O4. The summed E-state index contributed by atoms with van der Waals surface area (Å²) in [7, 11) is 1.52. The highest BCUT2D eigenvalue weighted by atomic mass is 16.5. The standard InChI is InChI=1S/C15H12O4/c1-18-14-8-12(17)6-10-7-13(19-15(10)14)9-2-4-11(16)5-3-9/h2-8,16-17H,1H3. The maximum Gasteiger partial charge on any atom is 0.176 e. The summed E-state index contributed by atoms with van der Waals surface area (Å²) in [5, 5.41) is 19.6. The molecule has 0 unspecified atom stereocenters. The lowest BCUT2D eigenvalue weighted by molar-refractivity contribution is 0.404. The Balaban J connectivity index is 2.18. The van der Waals surface area contributed by atoms with E-state index in [1.807, 2.05) is 6.07 Å². The second kappa shape index (κ2) is 4.24. The molecule has 3 aromatic rings. The van der Waals surface area contributed by atoms with Gasteiger partial charge in [-0.3, -0.25) is 0 Å². The number of hydrogen-bond donors (Lipinski definition) is 2. The molecule has 19 heavy (non-hydrogen) atoms. The smallest absolute Gasteiger partial charge is 0.176 e. The van der Waals surface area contributed by atoms with E-state index in [-0.39, 0.29) is 11.5 Å². The third-order valence-electron chi connectivity index (χ3n) is 2.94. The predicted molar refractivity (Wildman–Crippen MR) is 71.5 cm³/mol. The van der Waals surface area contributed by atoms with Crippen LogP contribution in [-0.4, -0.2) is 17.3 Å². The third kappa shape index (κ3) is 1.97. The normalized spacial score (nSPS) is 10.8. The van der Waals surface area contributed by atoms with E-state index in [2.05, 4.69) is 0 Å². The van der Waals surface area contributed by atoms with Gasteiger partial charge in [-0.2, -0.15) is 0 Å². The van der Waals surface area contributed by atoms with Gasteiger partial charge < -0.3 is 19.4 Å². The van der Waals surface area contributed by atoms with Crippen LogP contribution in [0.4, 0.5) is 0 Å². The second-order valence-corrected chi connectivity index (χ2v) is 4.22. The quantitative estimate of drug-likeness (QED) is 0.736. The lowest BCUT2D eigenvalue weighted by atomic mass is 10.1. The maximum atomic E-state index is 9.60. The van der Waals surface area contributed by atoms with Gasteiger partial charge in [-0.1, -0.05) is 0 Å². The number of furan rings is 1. The Labute approximate surface area is 109 Å². The van der Waals surface area contributed by atoms with E-state index in [1.54, 1.807) is 30.3 Å². The molecule has 96 valence electrons. The van der Waals surface area contributed by atoms with Gasteiger partial charge in [0.1, 0.15) is 17.3 Å². The van der Waals surface area contributed by atoms with Crippen molar-refractivity contribution in [2.45, 2.75) is 0 Å². The first-order valence-corrected chi connectivity index (χ1v) is 5.77. The first-order chi connectivity index (χ1) is 9.17. The monoisotopic (exact) mass is 256 g/mol. The van der Waals surface area contributed by atoms with Crippen molar-refractivity contribution in [1.82, 2.24) is 0 Å². The number of phenols is 2. The minimum Gasteiger partial charge on any atom is -0.508 e. The van der Waals surface area contributed by atoms with Crippen LogP contribution >= 0.6 is 0 Å². The number of aromatic hydroxyl groups is 2. The molecule has 2 aromatic carbocycles. The maximum absolute atomic E-state index is 9.60. The number of rotatable bonds is 2. The summed E-state index contributed by atoms with van der Waals surface area (Å²) in [6, 6.07) is 11.7. The molecular weight excluding hydrogens is 244 g/mol. The van der Waals surface area contributed by atoms with E-state index in [9.17, 15) is 10.2 Å². The van der Waals surface area contributed by atoms with Crippen LogP contribution in [0.25, 0.3) is 22.3 Å². The van der Waals surface area contributed by atoms with Gasteiger partial charge in [-0.25, -0.2) is 0 Å². The van der Waals surface area contributed by atoms with E-state index in [0.717, 1.165) is 10.9 Å². The summed E-state index contributed by atoms with van der Waals surface area (Å²) in [6.07, 6.45) is 0. The third-order valence-corrected chi connectivity index (χ3v) is 2.94. The van der Waals surface area contributed by atoms with Crippen LogP contribution in [0.15, 0.2) is 46.9 Å². The van der Waals surface area contributed by atoms with Crippen molar-refractivity contribution in [1.29, 1.82) is 0 Å². The van der Waals surface area contributed by atoms with Gasteiger partial charge in [0.2, 0.25) is 0 Å². The highest BCUT2D eigenvalue weighted by Gasteiger charge is 2.12. The summed E-state index contributed by atoms with van der Waals surface area (Å²) < 4.78 is 10.9. The zero-order valence-electron chi connectivity index (χ0n) is 10.3. The number of ether oxygens (including phenoxy) is 1. The average molecular weight is 256 g/mol. The van der Waals surface area contributed by atoms with E-state index in [1.165, 1.54) is 13.2 Å². The lowest BCUT2D eigenvalue weighted by Gasteiger charge is -2.01. The Kier molecular flexibility index (Phi) is 2.56. The van der Waals surface area contributed by atoms with Crippen LogP contribution in [0.2, 0.25) is 0 Å². The van der Waals surface area contributed by atoms with Gasteiger partial charge >= 0.3 is 0 Å². The molecule has 0 aliphatic rings. The summed E-state index contributed by atoms with van der Waals surface area (Å²) in [5.41, 5.74) is 1.43. The molecule has 0 saturated carbocycles. The van der Waals surface area contributed by atoms with Gasteiger partial charge in [0.25, 0.3) is 0 Å². The zero-order valence-corrected chi connectivity index (χ0v) is 10.3. The molecule has 0 spiro atoms. The molecule has 4 nitrogen and oxygen atoms in total. The molecule has 0 fully saturated rings. The first-order valence-electron chi connectivity index (χ1n) is 5.77. The van der Waals surface area contributed by atoms with Gasteiger partial charge in [-0.15, -0.1) is 0 Å². The number of methoxy groups -OCH3 is 1.